The molecule has 0 aliphatic carbocycles. The maximum absolute atomic E-state index is 12.8. The summed E-state index contributed by atoms with van der Waals surface area (Å²) in [6.45, 7) is 5.04. The van der Waals surface area contributed by atoms with Gasteiger partial charge in [0.05, 0.1) is 12.7 Å². The van der Waals surface area contributed by atoms with E-state index >= 15 is 0 Å². The molecule has 2 amide bonds. The Kier molecular flexibility index (Phi) is 6.11. The molecular weight excluding hydrogens is 394 g/mol. The molecule has 0 radical (unpaired) electrons. The average Bonchev–Trinajstić information content (AvgIpc) is 3.14. The predicted octanol–water partition coefficient (Wildman–Crippen LogP) is 3.22. The summed E-state index contributed by atoms with van der Waals surface area (Å²) in [6.07, 6.45) is 0.273. The van der Waals surface area contributed by atoms with Crippen molar-refractivity contribution in [3.8, 4) is 5.75 Å². The van der Waals surface area contributed by atoms with Gasteiger partial charge in [-0.3, -0.25) is 9.59 Å². The Morgan fingerprint density at radius 3 is 2.52 bits per heavy atom. The quantitative estimate of drug-likeness (QED) is 0.662. The van der Waals surface area contributed by atoms with Crippen LogP contribution in [0.1, 0.15) is 22.5 Å². The van der Waals surface area contributed by atoms with Crippen LogP contribution >= 0.6 is 0 Å². The number of amides is 2. The van der Waals surface area contributed by atoms with Crippen LogP contribution in [0.5, 0.6) is 5.75 Å². The first-order chi connectivity index (χ1) is 15.1. The minimum Gasteiger partial charge on any atom is -0.497 e. The third kappa shape index (κ3) is 4.50. The summed E-state index contributed by atoms with van der Waals surface area (Å²) in [6, 6.07) is 15.6. The van der Waals surface area contributed by atoms with Gasteiger partial charge in [-0.25, -0.2) is 0 Å². The maximum atomic E-state index is 12.8. The number of benzene rings is 2. The number of carbonyl (C=O) groups is 2. The fraction of sp³-hybridized carbons (Fsp3) is 0.333. The Balaban J connectivity index is 1.30. The molecule has 0 spiro atoms. The van der Waals surface area contributed by atoms with Crippen molar-refractivity contribution in [2.45, 2.75) is 13.3 Å². The number of nitrogens with zero attached hydrogens (tertiary/aromatic N) is 2. The Labute approximate surface area is 181 Å². The van der Waals surface area contributed by atoms with E-state index in [1.165, 1.54) is 5.69 Å². The number of piperazine rings is 1. The maximum Gasteiger partial charge on any atom is 0.255 e. The minimum absolute atomic E-state index is 0.0588. The molecule has 1 N–H and O–H groups in total. The number of hydrogen-bond acceptors (Lipinski definition) is 5. The van der Waals surface area contributed by atoms with Crippen LogP contribution in [0.15, 0.2) is 52.9 Å². The molecule has 0 atom stereocenters. The molecule has 3 aromatic rings. The first-order valence-electron chi connectivity index (χ1n) is 10.5. The Hall–Kier alpha value is -3.48. The Morgan fingerprint density at radius 2 is 1.81 bits per heavy atom. The number of furan rings is 1. The van der Waals surface area contributed by atoms with Gasteiger partial charge in [0.25, 0.3) is 5.91 Å². The molecule has 31 heavy (non-hydrogen) atoms. The molecule has 7 nitrogen and oxygen atoms in total. The smallest absolute Gasteiger partial charge is 0.255 e. The van der Waals surface area contributed by atoms with Crippen LogP contribution in [0.4, 0.5) is 5.69 Å². The lowest BCUT2D eigenvalue weighted by atomic mass is 10.1. The number of anilines is 1. The highest BCUT2D eigenvalue weighted by Crippen LogP contribution is 2.29. The van der Waals surface area contributed by atoms with Gasteiger partial charge >= 0.3 is 0 Å². The van der Waals surface area contributed by atoms with E-state index in [1.54, 1.807) is 32.2 Å². The number of fused-ring (bicyclic) bond motifs is 1. The summed E-state index contributed by atoms with van der Waals surface area (Å²) in [5.74, 6) is 1.02. The standard InChI is InChI=1S/C24H27N3O4/c1-17-23(20-16-19(30-2)8-9-21(20)31-17)24(29)25-11-10-22(28)27-14-12-26(13-15-27)18-6-4-3-5-7-18/h3-9,16H,10-15H2,1-2H3,(H,25,29). The van der Waals surface area contributed by atoms with Crippen LogP contribution in [0, 0.1) is 6.92 Å². The highest BCUT2D eigenvalue weighted by molar-refractivity contribution is 6.07. The fourth-order valence-corrected chi connectivity index (χ4v) is 3.99. The van der Waals surface area contributed by atoms with E-state index in [9.17, 15) is 9.59 Å². The van der Waals surface area contributed by atoms with E-state index in [0.717, 1.165) is 13.1 Å². The van der Waals surface area contributed by atoms with Crippen molar-refractivity contribution in [1.82, 2.24) is 10.2 Å². The monoisotopic (exact) mass is 421 g/mol. The lowest BCUT2D eigenvalue weighted by Crippen LogP contribution is -2.49. The van der Waals surface area contributed by atoms with Crippen LogP contribution in [0.25, 0.3) is 11.0 Å². The van der Waals surface area contributed by atoms with Crippen molar-refractivity contribution in [3.63, 3.8) is 0 Å². The number of nitrogens with one attached hydrogen (secondary N) is 1. The number of hydrogen-bond donors (Lipinski definition) is 1. The summed E-state index contributed by atoms with van der Waals surface area (Å²) < 4.78 is 10.9. The van der Waals surface area contributed by atoms with E-state index in [1.807, 2.05) is 23.1 Å². The summed E-state index contributed by atoms with van der Waals surface area (Å²) >= 11 is 0. The number of methoxy groups -OCH3 is 1. The topological polar surface area (TPSA) is 75.0 Å². The van der Waals surface area contributed by atoms with Crippen LogP contribution in [0.2, 0.25) is 0 Å². The van der Waals surface area contributed by atoms with Crippen molar-refractivity contribution >= 4 is 28.5 Å². The third-order valence-electron chi connectivity index (χ3n) is 5.68. The summed E-state index contributed by atoms with van der Waals surface area (Å²) in [5.41, 5.74) is 2.30. The number of rotatable bonds is 6. The number of aryl methyl sites for hydroxylation is 1. The summed E-state index contributed by atoms with van der Waals surface area (Å²) in [5, 5.41) is 3.57. The van der Waals surface area contributed by atoms with Crippen molar-refractivity contribution in [1.29, 1.82) is 0 Å². The van der Waals surface area contributed by atoms with E-state index in [-0.39, 0.29) is 24.8 Å². The van der Waals surface area contributed by atoms with E-state index in [4.69, 9.17) is 9.15 Å². The van der Waals surface area contributed by atoms with E-state index < -0.39 is 0 Å². The van der Waals surface area contributed by atoms with Crippen molar-refractivity contribution in [2.24, 2.45) is 0 Å². The van der Waals surface area contributed by atoms with E-state index in [0.29, 0.717) is 41.1 Å². The SMILES string of the molecule is COc1ccc2oc(C)c(C(=O)NCCC(=O)N3CCN(c4ccccc4)CC3)c2c1. The van der Waals surface area contributed by atoms with Crippen LogP contribution in [-0.4, -0.2) is 56.5 Å². The molecule has 1 fully saturated rings. The Morgan fingerprint density at radius 1 is 1.06 bits per heavy atom. The van der Waals surface area contributed by atoms with Gasteiger partial charge in [0.15, 0.2) is 0 Å². The first kappa shape index (κ1) is 20.8. The molecule has 2 aromatic carbocycles. The second-order valence-electron chi connectivity index (χ2n) is 7.60. The number of carbonyl (C=O) groups excluding carboxylic acids is 2. The van der Waals surface area contributed by atoms with Crippen molar-refractivity contribution in [2.75, 3.05) is 44.7 Å². The lowest BCUT2D eigenvalue weighted by molar-refractivity contribution is -0.131. The van der Waals surface area contributed by atoms with Crippen LogP contribution in [0.3, 0.4) is 0 Å². The predicted molar refractivity (Wildman–Crippen MR) is 120 cm³/mol. The zero-order chi connectivity index (χ0) is 21.8. The Bertz CT molecular complexity index is 1070. The molecule has 4 rings (SSSR count). The van der Waals surface area contributed by atoms with Gasteiger partial charge in [0, 0.05) is 50.2 Å². The molecule has 0 unspecified atom stereocenters. The summed E-state index contributed by atoms with van der Waals surface area (Å²) in [4.78, 5) is 29.5. The highest BCUT2D eigenvalue weighted by Gasteiger charge is 2.22. The molecular formula is C24H27N3O4. The third-order valence-corrected chi connectivity index (χ3v) is 5.68. The lowest BCUT2D eigenvalue weighted by Gasteiger charge is -2.36. The molecule has 1 saturated heterocycles. The van der Waals surface area contributed by atoms with Gasteiger partial charge in [0.1, 0.15) is 17.1 Å². The zero-order valence-corrected chi connectivity index (χ0v) is 17.9. The summed E-state index contributed by atoms with van der Waals surface area (Å²) in [7, 11) is 1.58. The van der Waals surface area contributed by atoms with Crippen LogP contribution in [-0.2, 0) is 4.79 Å². The molecule has 2 heterocycles. The molecule has 0 saturated carbocycles. The van der Waals surface area contributed by atoms with Crippen molar-refractivity contribution < 1.29 is 18.7 Å². The average molecular weight is 421 g/mol. The molecule has 1 aliphatic rings. The first-order valence-corrected chi connectivity index (χ1v) is 10.5. The normalized spacial score (nSPS) is 14.0. The van der Waals surface area contributed by atoms with Crippen LogP contribution < -0.4 is 15.0 Å². The van der Waals surface area contributed by atoms with Gasteiger partial charge < -0.3 is 24.3 Å². The second kappa shape index (κ2) is 9.12. The molecule has 0 bridgehead atoms. The largest absolute Gasteiger partial charge is 0.497 e. The van der Waals surface area contributed by atoms with Gasteiger partial charge in [-0.2, -0.15) is 0 Å². The van der Waals surface area contributed by atoms with Gasteiger partial charge in [-0.15, -0.1) is 0 Å². The zero-order valence-electron chi connectivity index (χ0n) is 17.9. The van der Waals surface area contributed by atoms with Gasteiger partial charge in [-0.1, -0.05) is 18.2 Å². The molecule has 162 valence electrons. The van der Waals surface area contributed by atoms with E-state index in [2.05, 4.69) is 22.3 Å². The fourth-order valence-electron chi connectivity index (χ4n) is 3.99. The molecule has 1 aromatic heterocycles. The van der Waals surface area contributed by atoms with Crippen molar-refractivity contribution in [3.05, 3.63) is 59.9 Å². The minimum atomic E-state index is -0.244. The highest BCUT2D eigenvalue weighted by atomic mass is 16.5. The number of para-hydroxylation sites is 1. The second-order valence-corrected chi connectivity index (χ2v) is 7.60. The molecule has 7 heteroatoms. The molecule has 1 aliphatic heterocycles. The van der Waals surface area contributed by atoms with Gasteiger partial charge in [-0.05, 0) is 37.3 Å². The van der Waals surface area contributed by atoms with Gasteiger partial charge in [0.2, 0.25) is 5.91 Å². The number of ether oxygens (including phenoxy) is 1.